The highest BCUT2D eigenvalue weighted by molar-refractivity contribution is 5.98. The third-order valence-corrected chi connectivity index (χ3v) is 3.22. The number of hydrogen-bond acceptors (Lipinski definition) is 4. The molecule has 0 aliphatic heterocycles. The van der Waals surface area contributed by atoms with E-state index in [1.165, 1.54) is 7.11 Å². The van der Waals surface area contributed by atoms with Crippen molar-refractivity contribution in [3.05, 3.63) is 70.4 Å². The molecule has 0 atom stereocenters. The molecule has 0 unspecified atom stereocenters. The van der Waals surface area contributed by atoms with Gasteiger partial charge in [0.15, 0.2) is 11.3 Å². The van der Waals surface area contributed by atoms with E-state index in [2.05, 4.69) is 0 Å². The SMILES string of the molecule is COC(=O)c1c(-c2ccccc2)oc2ccccc2c1=O. The Morgan fingerprint density at radius 2 is 1.67 bits per heavy atom. The van der Waals surface area contributed by atoms with E-state index in [4.69, 9.17) is 9.15 Å². The van der Waals surface area contributed by atoms with E-state index in [1.54, 1.807) is 36.4 Å². The molecule has 1 heterocycles. The van der Waals surface area contributed by atoms with Crippen LogP contribution in [-0.4, -0.2) is 13.1 Å². The number of ether oxygens (including phenoxy) is 1. The van der Waals surface area contributed by atoms with Gasteiger partial charge in [0.05, 0.1) is 12.5 Å². The highest BCUT2D eigenvalue weighted by Crippen LogP contribution is 2.26. The van der Waals surface area contributed by atoms with Crippen molar-refractivity contribution in [2.75, 3.05) is 7.11 Å². The molecule has 0 aliphatic rings. The first-order chi connectivity index (χ1) is 10.2. The van der Waals surface area contributed by atoms with Crippen molar-refractivity contribution in [3.63, 3.8) is 0 Å². The summed E-state index contributed by atoms with van der Waals surface area (Å²) in [5.41, 5.74) is 0.625. The molecule has 21 heavy (non-hydrogen) atoms. The van der Waals surface area contributed by atoms with Crippen LogP contribution in [0.5, 0.6) is 0 Å². The van der Waals surface area contributed by atoms with Gasteiger partial charge in [-0.25, -0.2) is 4.79 Å². The lowest BCUT2D eigenvalue weighted by Gasteiger charge is -2.08. The average Bonchev–Trinajstić information content (AvgIpc) is 2.55. The van der Waals surface area contributed by atoms with Gasteiger partial charge in [-0.1, -0.05) is 42.5 Å². The van der Waals surface area contributed by atoms with E-state index in [1.807, 2.05) is 18.2 Å². The Morgan fingerprint density at radius 3 is 2.38 bits per heavy atom. The number of benzene rings is 2. The van der Waals surface area contributed by atoms with Crippen molar-refractivity contribution >= 4 is 16.9 Å². The second kappa shape index (κ2) is 5.25. The molecular weight excluding hydrogens is 268 g/mol. The predicted molar refractivity (Wildman–Crippen MR) is 79.3 cm³/mol. The molecule has 4 nitrogen and oxygen atoms in total. The summed E-state index contributed by atoms with van der Waals surface area (Å²) in [7, 11) is 1.24. The molecule has 0 saturated carbocycles. The molecule has 0 bridgehead atoms. The summed E-state index contributed by atoms with van der Waals surface area (Å²) >= 11 is 0. The fraction of sp³-hybridized carbons (Fsp3) is 0.0588. The van der Waals surface area contributed by atoms with Gasteiger partial charge in [0, 0.05) is 5.56 Å². The van der Waals surface area contributed by atoms with Crippen LogP contribution < -0.4 is 5.43 Å². The summed E-state index contributed by atoms with van der Waals surface area (Å²) in [6.07, 6.45) is 0. The van der Waals surface area contributed by atoms with Crippen molar-refractivity contribution in [2.24, 2.45) is 0 Å². The zero-order valence-electron chi connectivity index (χ0n) is 11.3. The van der Waals surface area contributed by atoms with Crippen molar-refractivity contribution in [1.29, 1.82) is 0 Å². The van der Waals surface area contributed by atoms with Crippen LogP contribution >= 0.6 is 0 Å². The maximum atomic E-state index is 12.6. The molecular formula is C17H12O4. The standard InChI is InChI=1S/C17H12O4/c1-20-17(19)14-15(18)12-9-5-6-10-13(12)21-16(14)11-7-3-2-4-8-11/h2-10H,1H3. The lowest BCUT2D eigenvalue weighted by atomic mass is 10.0. The topological polar surface area (TPSA) is 56.5 Å². The first kappa shape index (κ1) is 13.1. The fourth-order valence-electron chi connectivity index (χ4n) is 2.22. The Hall–Kier alpha value is -2.88. The molecule has 0 N–H and O–H groups in total. The van der Waals surface area contributed by atoms with Crippen molar-refractivity contribution < 1.29 is 13.9 Å². The summed E-state index contributed by atoms with van der Waals surface area (Å²) in [6, 6.07) is 15.9. The predicted octanol–water partition coefficient (Wildman–Crippen LogP) is 3.25. The number of fused-ring (bicyclic) bond motifs is 1. The zero-order chi connectivity index (χ0) is 14.8. The minimum atomic E-state index is -0.701. The second-order valence-corrected chi connectivity index (χ2v) is 4.49. The molecule has 104 valence electrons. The largest absolute Gasteiger partial charge is 0.465 e. The number of para-hydroxylation sites is 1. The van der Waals surface area contributed by atoms with Crippen LogP contribution in [0.2, 0.25) is 0 Å². The average molecular weight is 280 g/mol. The van der Waals surface area contributed by atoms with Gasteiger partial charge in [0.2, 0.25) is 5.43 Å². The fourth-order valence-corrected chi connectivity index (χ4v) is 2.22. The van der Waals surface area contributed by atoms with Crippen molar-refractivity contribution in [2.45, 2.75) is 0 Å². The van der Waals surface area contributed by atoms with Gasteiger partial charge in [-0.2, -0.15) is 0 Å². The van der Waals surface area contributed by atoms with E-state index < -0.39 is 5.97 Å². The van der Waals surface area contributed by atoms with Crippen LogP contribution in [0.1, 0.15) is 10.4 Å². The summed E-state index contributed by atoms with van der Waals surface area (Å²) in [4.78, 5) is 24.6. The summed E-state index contributed by atoms with van der Waals surface area (Å²) in [6.45, 7) is 0. The number of rotatable bonds is 2. The monoisotopic (exact) mass is 280 g/mol. The molecule has 0 aliphatic carbocycles. The molecule has 3 aromatic rings. The lowest BCUT2D eigenvalue weighted by Crippen LogP contribution is -2.18. The van der Waals surface area contributed by atoms with Crippen molar-refractivity contribution in [1.82, 2.24) is 0 Å². The van der Waals surface area contributed by atoms with Crippen LogP contribution in [0.3, 0.4) is 0 Å². The Balaban J connectivity index is 2.42. The second-order valence-electron chi connectivity index (χ2n) is 4.49. The number of esters is 1. The molecule has 4 heteroatoms. The molecule has 0 saturated heterocycles. The van der Waals surface area contributed by atoms with Crippen LogP contribution in [-0.2, 0) is 4.74 Å². The summed E-state index contributed by atoms with van der Waals surface area (Å²) in [5, 5.41) is 0.359. The first-order valence-corrected chi connectivity index (χ1v) is 6.42. The summed E-state index contributed by atoms with van der Waals surface area (Å²) in [5.74, 6) is -0.473. The first-order valence-electron chi connectivity index (χ1n) is 6.42. The maximum absolute atomic E-state index is 12.6. The number of carbonyl (C=O) groups excluding carboxylic acids is 1. The smallest absolute Gasteiger partial charge is 0.345 e. The van der Waals surface area contributed by atoms with E-state index in [0.29, 0.717) is 16.5 Å². The van der Waals surface area contributed by atoms with Gasteiger partial charge in [-0.15, -0.1) is 0 Å². The van der Waals surface area contributed by atoms with E-state index in [0.717, 1.165) is 0 Å². The zero-order valence-corrected chi connectivity index (χ0v) is 11.3. The molecule has 3 rings (SSSR count). The van der Waals surface area contributed by atoms with Gasteiger partial charge in [-0.3, -0.25) is 4.79 Å². The molecule has 0 spiro atoms. The third kappa shape index (κ3) is 2.21. The van der Waals surface area contributed by atoms with Crippen LogP contribution in [0, 0.1) is 0 Å². The normalized spacial score (nSPS) is 10.5. The van der Waals surface area contributed by atoms with E-state index in [9.17, 15) is 9.59 Å². The number of carbonyl (C=O) groups is 1. The minimum absolute atomic E-state index is 0.0811. The highest BCUT2D eigenvalue weighted by atomic mass is 16.5. The Kier molecular flexibility index (Phi) is 3.28. The van der Waals surface area contributed by atoms with E-state index in [-0.39, 0.29) is 16.8 Å². The highest BCUT2D eigenvalue weighted by Gasteiger charge is 2.22. The number of methoxy groups -OCH3 is 1. The van der Waals surface area contributed by atoms with Gasteiger partial charge >= 0.3 is 5.97 Å². The number of hydrogen-bond donors (Lipinski definition) is 0. The van der Waals surface area contributed by atoms with Crippen LogP contribution in [0.15, 0.2) is 63.8 Å². The molecule has 0 fully saturated rings. The lowest BCUT2D eigenvalue weighted by molar-refractivity contribution is 0.0598. The van der Waals surface area contributed by atoms with E-state index >= 15 is 0 Å². The maximum Gasteiger partial charge on any atom is 0.345 e. The quantitative estimate of drug-likeness (QED) is 0.676. The Bertz CT molecular complexity index is 863. The molecule has 1 aromatic heterocycles. The summed E-state index contributed by atoms with van der Waals surface area (Å²) < 4.78 is 10.5. The Morgan fingerprint density at radius 1 is 1.00 bits per heavy atom. The van der Waals surface area contributed by atoms with Gasteiger partial charge in [0.1, 0.15) is 5.58 Å². The molecule has 0 radical (unpaired) electrons. The Labute approximate surface area is 120 Å². The molecule has 2 aromatic carbocycles. The minimum Gasteiger partial charge on any atom is -0.465 e. The van der Waals surface area contributed by atoms with Gasteiger partial charge in [0.25, 0.3) is 0 Å². The molecule has 0 amide bonds. The third-order valence-electron chi connectivity index (χ3n) is 3.22. The van der Waals surface area contributed by atoms with Gasteiger partial charge in [-0.05, 0) is 12.1 Å². The van der Waals surface area contributed by atoms with Gasteiger partial charge < -0.3 is 9.15 Å². The van der Waals surface area contributed by atoms with Crippen LogP contribution in [0.25, 0.3) is 22.3 Å². The van der Waals surface area contributed by atoms with Crippen molar-refractivity contribution in [3.8, 4) is 11.3 Å². The van der Waals surface area contributed by atoms with Crippen LogP contribution in [0.4, 0.5) is 0 Å².